The summed E-state index contributed by atoms with van der Waals surface area (Å²) >= 11 is 0. The molecule has 2 N–H and O–H groups in total. The number of fused-ring (bicyclic) bond motifs is 1. The SMILES string of the molecule is COc1cc(S(=O)(=O)N2CC3CCCC3C2)ccc1N. The summed E-state index contributed by atoms with van der Waals surface area (Å²) in [6.07, 6.45) is 3.54. The van der Waals surface area contributed by atoms with Crippen LogP contribution in [-0.4, -0.2) is 32.9 Å². The van der Waals surface area contributed by atoms with Crippen LogP contribution in [0.1, 0.15) is 19.3 Å². The Morgan fingerprint density at radius 1 is 1.25 bits per heavy atom. The van der Waals surface area contributed by atoms with E-state index in [4.69, 9.17) is 10.5 Å². The second kappa shape index (κ2) is 4.93. The Bertz CT molecular complexity index is 603. The van der Waals surface area contributed by atoms with Gasteiger partial charge in [0.05, 0.1) is 17.7 Å². The van der Waals surface area contributed by atoms with Gasteiger partial charge in [-0.3, -0.25) is 0 Å². The molecule has 1 aromatic rings. The molecule has 1 aromatic carbocycles. The summed E-state index contributed by atoms with van der Waals surface area (Å²) in [6, 6.07) is 4.66. The molecule has 0 spiro atoms. The number of benzene rings is 1. The van der Waals surface area contributed by atoms with Crippen molar-refractivity contribution in [2.24, 2.45) is 11.8 Å². The van der Waals surface area contributed by atoms with Gasteiger partial charge in [0.15, 0.2) is 0 Å². The summed E-state index contributed by atoms with van der Waals surface area (Å²) in [5.74, 6) is 1.49. The molecule has 1 heterocycles. The predicted octanol–water partition coefficient (Wildman–Crippen LogP) is 1.70. The van der Waals surface area contributed by atoms with E-state index in [1.165, 1.54) is 19.6 Å². The van der Waals surface area contributed by atoms with Crippen molar-refractivity contribution >= 4 is 15.7 Å². The van der Waals surface area contributed by atoms with Crippen LogP contribution in [0.15, 0.2) is 23.1 Å². The average Bonchev–Trinajstić information content (AvgIpc) is 2.99. The van der Waals surface area contributed by atoms with Crippen LogP contribution in [0.4, 0.5) is 5.69 Å². The van der Waals surface area contributed by atoms with Gasteiger partial charge in [0.25, 0.3) is 0 Å². The number of methoxy groups -OCH3 is 1. The molecule has 0 radical (unpaired) electrons. The van der Waals surface area contributed by atoms with Crippen LogP contribution in [0.2, 0.25) is 0 Å². The highest BCUT2D eigenvalue weighted by molar-refractivity contribution is 7.89. The van der Waals surface area contributed by atoms with Gasteiger partial charge < -0.3 is 10.5 Å². The highest BCUT2D eigenvalue weighted by Crippen LogP contribution is 2.40. The minimum Gasteiger partial charge on any atom is -0.495 e. The van der Waals surface area contributed by atoms with Gasteiger partial charge in [-0.05, 0) is 36.8 Å². The molecule has 0 bridgehead atoms. The van der Waals surface area contributed by atoms with E-state index in [0.29, 0.717) is 36.4 Å². The van der Waals surface area contributed by atoms with Crippen LogP contribution < -0.4 is 10.5 Å². The Balaban J connectivity index is 1.89. The van der Waals surface area contributed by atoms with Crippen LogP contribution in [0, 0.1) is 11.8 Å². The lowest BCUT2D eigenvalue weighted by Crippen LogP contribution is -2.29. The molecule has 2 atom stereocenters. The Morgan fingerprint density at radius 2 is 1.90 bits per heavy atom. The van der Waals surface area contributed by atoms with E-state index >= 15 is 0 Å². The Kier molecular flexibility index (Phi) is 3.38. The highest BCUT2D eigenvalue weighted by atomic mass is 32.2. The van der Waals surface area contributed by atoms with Crippen molar-refractivity contribution in [1.82, 2.24) is 4.31 Å². The van der Waals surface area contributed by atoms with Gasteiger partial charge in [-0.1, -0.05) is 6.42 Å². The summed E-state index contributed by atoms with van der Waals surface area (Å²) in [7, 11) is -1.94. The third-order valence-electron chi connectivity index (χ3n) is 4.54. The molecule has 1 saturated heterocycles. The van der Waals surface area contributed by atoms with E-state index in [9.17, 15) is 8.42 Å². The van der Waals surface area contributed by atoms with Crippen molar-refractivity contribution in [2.75, 3.05) is 25.9 Å². The molecule has 1 aliphatic carbocycles. The Labute approximate surface area is 119 Å². The smallest absolute Gasteiger partial charge is 0.243 e. The lowest BCUT2D eigenvalue weighted by atomic mass is 10.0. The number of anilines is 1. The number of nitrogen functional groups attached to an aromatic ring is 1. The molecular formula is C14H20N2O3S. The average molecular weight is 296 g/mol. The maximum absolute atomic E-state index is 12.7. The molecule has 0 amide bonds. The number of nitrogens with two attached hydrogens (primary N) is 1. The van der Waals surface area contributed by atoms with Crippen LogP contribution in [0.3, 0.4) is 0 Å². The minimum absolute atomic E-state index is 0.267. The van der Waals surface area contributed by atoms with Crippen LogP contribution in [0.25, 0.3) is 0 Å². The first-order valence-electron chi connectivity index (χ1n) is 6.96. The molecule has 5 nitrogen and oxygen atoms in total. The standard InChI is InChI=1S/C14H20N2O3S/c1-19-14-7-12(5-6-13(14)15)20(17,18)16-8-10-3-2-4-11(10)9-16/h5-7,10-11H,2-4,8-9,15H2,1H3. The number of sulfonamides is 1. The lowest BCUT2D eigenvalue weighted by Gasteiger charge is -2.18. The molecular weight excluding hydrogens is 276 g/mol. The first kappa shape index (κ1) is 13.7. The van der Waals surface area contributed by atoms with E-state index in [-0.39, 0.29) is 4.90 Å². The van der Waals surface area contributed by atoms with E-state index in [2.05, 4.69) is 0 Å². The number of nitrogens with zero attached hydrogens (tertiary/aromatic N) is 1. The monoisotopic (exact) mass is 296 g/mol. The van der Waals surface area contributed by atoms with Crippen molar-refractivity contribution in [3.63, 3.8) is 0 Å². The van der Waals surface area contributed by atoms with Crippen molar-refractivity contribution in [3.05, 3.63) is 18.2 Å². The number of hydrogen-bond acceptors (Lipinski definition) is 4. The third-order valence-corrected chi connectivity index (χ3v) is 6.36. The molecule has 3 rings (SSSR count). The van der Waals surface area contributed by atoms with E-state index < -0.39 is 10.0 Å². The summed E-state index contributed by atoms with van der Waals surface area (Å²) < 4.78 is 32.1. The molecule has 110 valence electrons. The molecule has 1 aliphatic heterocycles. The Morgan fingerprint density at radius 3 is 2.50 bits per heavy atom. The fourth-order valence-electron chi connectivity index (χ4n) is 3.39. The van der Waals surface area contributed by atoms with Crippen LogP contribution in [0.5, 0.6) is 5.75 Å². The van der Waals surface area contributed by atoms with Gasteiger partial charge in [0, 0.05) is 19.2 Å². The highest BCUT2D eigenvalue weighted by Gasteiger charge is 2.41. The zero-order chi connectivity index (χ0) is 14.3. The van der Waals surface area contributed by atoms with Crippen molar-refractivity contribution in [1.29, 1.82) is 0 Å². The summed E-state index contributed by atoms with van der Waals surface area (Å²) in [6.45, 7) is 1.30. The quantitative estimate of drug-likeness (QED) is 0.862. The molecule has 20 heavy (non-hydrogen) atoms. The van der Waals surface area contributed by atoms with E-state index in [1.807, 2.05) is 0 Å². The summed E-state index contributed by atoms with van der Waals surface area (Å²) in [5, 5.41) is 0. The van der Waals surface area contributed by atoms with E-state index in [1.54, 1.807) is 16.4 Å². The van der Waals surface area contributed by atoms with Gasteiger partial charge >= 0.3 is 0 Å². The third kappa shape index (κ3) is 2.16. The van der Waals surface area contributed by atoms with Crippen molar-refractivity contribution in [2.45, 2.75) is 24.2 Å². The largest absolute Gasteiger partial charge is 0.495 e. The normalized spacial score (nSPS) is 26.6. The predicted molar refractivity (Wildman–Crippen MR) is 77.0 cm³/mol. The first-order chi connectivity index (χ1) is 9.52. The van der Waals surface area contributed by atoms with Gasteiger partial charge in [-0.25, -0.2) is 8.42 Å². The van der Waals surface area contributed by atoms with Gasteiger partial charge in [0.2, 0.25) is 10.0 Å². The number of rotatable bonds is 3. The minimum atomic E-state index is -3.43. The fraction of sp³-hybridized carbons (Fsp3) is 0.571. The number of ether oxygens (including phenoxy) is 1. The summed E-state index contributed by atoms with van der Waals surface area (Å²) in [4.78, 5) is 0.267. The molecule has 6 heteroatoms. The maximum atomic E-state index is 12.7. The van der Waals surface area contributed by atoms with Crippen LogP contribution in [-0.2, 0) is 10.0 Å². The van der Waals surface area contributed by atoms with Gasteiger partial charge in [0.1, 0.15) is 5.75 Å². The zero-order valence-electron chi connectivity index (χ0n) is 11.6. The van der Waals surface area contributed by atoms with Gasteiger partial charge in [-0.15, -0.1) is 0 Å². The van der Waals surface area contributed by atoms with Crippen molar-refractivity contribution in [3.8, 4) is 5.75 Å². The van der Waals surface area contributed by atoms with Gasteiger partial charge in [-0.2, -0.15) is 4.31 Å². The second-order valence-corrected chi connectivity index (χ2v) is 7.61. The molecule has 1 saturated carbocycles. The lowest BCUT2D eigenvalue weighted by molar-refractivity contribution is 0.414. The number of hydrogen-bond donors (Lipinski definition) is 1. The topological polar surface area (TPSA) is 72.6 Å². The molecule has 2 fully saturated rings. The Hall–Kier alpha value is -1.27. The molecule has 0 aromatic heterocycles. The van der Waals surface area contributed by atoms with Crippen LogP contribution >= 0.6 is 0 Å². The fourth-order valence-corrected chi connectivity index (χ4v) is 4.96. The van der Waals surface area contributed by atoms with E-state index in [0.717, 1.165) is 12.8 Å². The maximum Gasteiger partial charge on any atom is 0.243 e. The second-order valence-electron chi connectivity index (χ2n) is 5.68. The first-order valence-corrected chi connectivity index (χ1v) is 8.40. The molecule has 2 aliphatic rings. The summed E-state index contributed by atoms with van der Waals surface area (Å²) in [5.41, 5.74) is 6.19. The van der Waals surface area contributed by atoms with Crippen molar-refractivity contribution < 1.29 is 13.2 Å². The molecule has 2 unspecified atom stereocenters. The zero-order valence-corrected chi connectivity index (χ0v) is 12.4.